The summed E-state index contributed by atoms with van der Waals surface area (Å²) < 4.78 is 0. The molecule has 1 amide bonds. The van der Waals surface area contributed by atoms with Crippen LogP contribution in [0.25, 0.3) is 0 Å². The number of amides is 1. The van der Waals surface area contributed by atoms with Gasteiger partial charge in [0.25, 0.3) is 0 Å². The van der Waals surface area contributed by atoms with Crippen LogP contribution in [0, 0.1) is 6.92 Å². The Kier molecular flexibility index (Phi) is 2.42. The summed E-state index contributed by atoms with van der Waals surface area (Å²) in [5.41, 5.74) is 2.32. The van der Waals surface area contributed by atoms with Crippen molar-refractivity contribution in [2.75, 3.05) is 5.32 Å². The van der Waals surface area contributed by atoms with Crippen LogP contribution in [0.5, 0.6) is 0 Å². The Morgan fingerprint density at radius 3 is 2.75 bits per heavy atom. The second-order valence-electron chi connectivity index (χ2n) is 4.03. The summed E-state index contributed by atoms with van der Waals surface area (Å²) in [6, 6.07) is 3.47. The van der Waals surface area contributed by atoms with Crippen molar-refractivity contribution in [2.45, 2.75) is 26.2 Å². The summed E-state index contributed by atoms with van der Waals surface area (Å²) in [6.07, 6.45) is 0.682. The van der Waals surface area contributed by atoms with E-state index in [1.54, 1.807) is 6.07 Å². The fourth-order valence-corrected chi connectivity index (χ4v) is 2.15. The molecule has 1 heterocycles. The fourth-order valence-electron chi connectivity index (χ4n) is 2.15. The van der Waals surface area contributed by atoms with Gasteiger partial charge in [0, 0.05) is 0 Å². The van der Waals surface area contributed by atoms with Gasteiger partial charge in [0.2, 0.25) is 5.91 Å². The molecule has 1 aromatic carbocycles. The van der Waals surface area contributed by atoms with Gasteiger partial charge in [-0.1, -0.05) is 13.0 Å². The molecule has 2 N–H and O–H groups in total. The van der Waals surface area contributed by atoms with E-state index in [2.05, 4.69) is 5.32 Å². The Morgan fingerprint density at radius 2 is 2.19 bits per heavy atom. The number of hydrogen-bond donors (Lipinski definition) is 2. The third-order valence-corrected chi connectivity index (χ3v) is 2.89. The number of hydrogen-bond acceptors (Lipinski definition) is 2. The third kappa shape index (κ3) is 1.46. The number of rotatable bonds is 2. The molecule has 1 atom stereocenters. The number of carbonyl (C=O) groups is 2. The number of carboxylic acid groups (broad SMARTS) is 1. The van der Waals surface area contributed by atoms with Crippen LogP contribution in [0.15, 0.2) is 12.1 Å². The van der Waals surface area contributed by atoms with Gasteiger partial charge in [-0.05, 0) is 30.5 Å². The molecule has 2 rings (SSSR count). The van der Waals surface area contributed by atoms with E-state index in [-0.39, 0.29) is 17.4 Å². The predicted octanol–water partition coefficient (Wildman–Crippen LogP) is 2.14. The molecule has 16 heavy (non-hydrogen) atoms. The van der Waals surface area contributed by atoms with Gasteiger partial charge in [-0.25, -0.2) is 4.79 Å². The molecule has 0 radical (unpaired) electrons. The van der Waals surface area contributed by atoms with Crippen molar-refractivity contribution < 1.29 is 14.7 Å². The van der Waals surface area contributed by atoms with E-state index in [9.17, 15) is 9.59 Å². The molecule has 0 saturated heterocycles. The van der Waals surface area contributed by atoms with Gasteiger partial charge < -0.3 is 10.4 Å². The van der Waals surface area contributed by atoms with Crippen molar-refractivity contribution in [3.63, 3.8) is 0 Å². The number of fused-ring (bicyclic) bond motifs is 1. The van der Waals surface area contributed by atoms with Crippen molar-refractivity contribution >= 4 is 17.6 Å². The van der Waals surface area contributed by atoms with Crippen LogP contribution in [-0.2, 0) is 4.79 Å². The first kappa shape index (κ1) is 10.7. The molecule has 1 aromatic rings. The van der Waals surface area contributed by atoms with E-state index < -0.39 is 5.97 Å². The predicted molar refractivity (Wildman–Crippen MR) is 59.8 cm³/mol. The quantitative estimate of drug-likeness (QED) is 0.800. The lowest BCUT2D eigenvalue weighted by Crippen LogP contribution is -2.11. The highest BCUT2D eigenvalue weighted by Crippen LogP contribution is 2.37. The average molecular weight is 219 g/mol. The SMILES string of the molecule is CCC1C(=O)Nc2c(C(=O)O)cc(C)cc21. The van der Waals surface area contributed by atoms with Crippen molar-refractivity contribution in [1.29, 1.82) is 0 Å². The molecule has 1 aliphatic heterocycles. The second kappa shape index (κ2) is 3.63. The number of carboxylic acids is 1. The lowest BCUT2D eigenvalue weighted by Gasteiger charge is -2.07. The molecule has 1 unspecified atom stereocenters. The zero-order valence-corrected chi connectivity index (χ0v) is 9.20. The monoisotopic (exact) mass is 219 g/mol. The number of anilines is 1. The van der Waals surface area contributed by atoms with Crippen LogP contribution in [0.2, 0.25) is 0 Å². The Balaban J connectivity index is 2.64. The lowest BCUT2D eigenvalue weighted by molar-refractivity contribution is -0.117. The maximum atomic E-state index is 11.6. The summed E-state index contributed by atoms with van der Waals surface area (Å²) in [4.78, 5) is 22.7. The Labute approximate surface area is 93.3 Å². The zero-order valence-electron chi connectivity index (χ0n) is 9.20. The molecule has 0 saturated carbocycles. The molecule has 0 aromatic heterocycles. The summed E-state index contributed by atoms with van der Waals surface area (Å²) >= 11 is 0. The molecule has 84 valence electrons. The van der Waals surface area contributed by atoms with Gasteiger partial charge in [-0.2, -0.15) is 0 Å². The van der Waals surface area contributed by atoms with E-state index in [4.69, 9.17) is 5.11 Å². The highest BCUT2D eigenvalue weighted by molar-refractivity contribution is 6.09. The van der Waals surface area contributed by atoms with Crippen molar-refractivity contribution in [2.24, 2.45) is 0 Å². The van der Waals surface area contributed by atoms with Gasteiger partial charge >= 0.3 is 5.97 Å². The van der Waals surface area contributed by atoms with Gasteiger partial charge in [0.15, 0.2) is 0 Å². The molecule has 4 nitrogen and oxygen atoms in total. The van der Waals surface area contributed by atoms with Crippen molar-refractivity contribution in [1.82, 2.24) is 0 Å². The Bertz CT molecular complexity index is 479. The maximum absolute atomic E-state index is 11.6. The number of carbonyl (C=O) groups excluding carboxylic acids is 1. The van der Waals surface area contributed by atoms with Crippen LogP contribution >= 0.6 is 0 Å². The first-order valence-electron chi connectivity index (χ1n) is 5.23. The van der Waals surface area contributed by atoms with Gasteiger partial charge in [0.1, 0.15) is 0 Å². The standard InChI is InChI=1S/C12H13NO3/c1-3-7-8-4-6(2)5-9(12(15)16)10(8)13-11(7)14/h4-5,7H,3H2,1-2H3,(H,13,14)(H,15,16). The first-order chi connectivity index (χ1) is 7.54. The van der Waals surface area contributed by atoms with Gasteiger partial charge in [0.05, 0.1) is 17.2 Å². The number of nitrogens with one attached hydrogen (secondary N) is 1. The smallest absolute Gasteiger partial charge is 0.337 e. The number of benzene rings is 1. The fraction of sp³-hybridized carbons (Fsp3) is 0.333. The first-order valence-corrected chi connectivity index (χ1v) is 5.23. The average Bonchev–Trinajstić information content (AvgIpc) is 2.52. The van der Waals surface area contributed by atoms with E-state index in [0.717, 1.165) is 11.1 Å². The van der Waals surface area contributed by atoms with Crippen LogP contribution in [-0.4, -0.2) is 17.0 Å². The largest absolute Gasteiger partial charge is 0.478 e. The minimum Gasteiger partial charge on any atom is -0.478 e. The molecule has 0 spiro atoms. The third-order valence-electron chi connectivity index (χ3n) is 2.89. The van der Waals surface area contributed by atoms with Gasteiger partial charge in [-0.15, -0.1) is 0 Å². The Morgan fingerprint density at radius 1 is 1.50 bits per heavy atom. The second-order valence-corrected chi connectivity index (χ2v) is 4.03. The Hall–Kier alpha value is -1.84. The van der Waals surface area contributed by atoms with E-state index in [0.29, 0.717) is 12.1 Å². The van der Waals surface area contributed by atoms with E-state index in [1.165, 1.54) is 0 Å². The molecule has 1 aliphatic rings. The van der Waals surface area contributed by atoms with E-state index in [1.807, 2.05) is 19.9 Å². The minimum absolute atomic E-state index is 0.106. The summed E-state index contributed by atoms with van der Waals surface area (Å²) in [7, 11) is 0. The molecule has 0 fully saturated rings. The molecule has 0 bridgehead atoms. The number of aromatic carboxylic acids is 1. The highest BCUT2D eigenvalue weighted by Gasteiger charge is 2.32. The molecule has 4 heteroatoms. The van der Waals surface area contributed by atoms with Crippen LogP contribution in [0.3, 0.4) is 0 Å². The topological polar surface area (TPSA) is 66.4 Å². The van der Waals surface area contributed by atoms with Crippen molar-refractivity contribution in [3.8, 4) is 0 Å². The molecule has 0 aliphatic carbocycles. The minimum atomic E-state index is -1.00. The highest BCUT2D eigenvalue weighted by atomic mass is 16.4. The van der Waals surface area contributed by atoms with Crippen molar-refractivity contribution in [3.05, 3.63) is 28.8 Å². The van der Waals surface area contributed by atoms with E-state index >= 15 is 0 Å². The summed E-state index contributed by atoms with van der Waals surface area (Å²) in [6.45, 7) is 3.75. The maximum Gasteiger partial charge on any atom is 0.337 e. The van der Waals surface area contributed by atoms with Crippen LogP contribution < -0.4 is 5.32 Å². The number of aryl methyl sites for hydroxylation is 1. The van der Waals surface area contributed by atoms with Crippen LogP contribution in [0.1, 0.15) is 40.7 Å². The molecular weight excluding hydrogens is 206 g/mol. The molecular formula is C12H13NO3. The summed E-state index contributed by atoms with van der Waals surface area (Å²) in [5, 5.41) is 11.7. The van der Waals surface area contributed by atoms with Gasteiger partial charge in [-0.3, -0.25) is 4.79 Å². The normalized spacial score (nSPS) is 18.1. The van der Waals surface area contributed by atoms with Crippen LogP contribution in [0.4, 0.5) is 5.69 Å². The zero-order chi connectivity index (χ0) is 11.9. The lowest BCUT2D eigenvalue weighted by atomic mass is 9.94. The summed E-state index contributed by atoms with van der Waals surface area (Å²) in [5.74, 6) is -1.32.